The first-order valence-electron chi connectivity index (χ1n) is 7.35. The number of methoxy groups -OCH3 is 1. The molecule has 0 spiro atoms. The normalized spacial score (nSPS) is 11.4. The predicted octanol–water partition coefficient (Wildman–Crippen LogP) is 3.46. The molecule has 138 valence electrons. The number of thiocarbonyl (C=S) groups is 1. The van der Waals surface area contributed by atoms with E-state index in [2.05, 4.69) is 22.7 Å². The van der Waals surface area contributed by atoms with Gasteiger partial charge < -0.3 is 15.2 Å². The Hall–Kier alpha value is -2.81. The quantitative estimate of drug-likeness (QED) is 0.454. The van der Waals surface area contributed by atoms with E-state index in [4.69, 9.17) is 15.2 Å². The van der Waals surface area contributed by atoms with Crippen molar-refractivity contribution >= 4 is 23.5 Å². The Balaban J connectivity index is 2.10. The number of alkyl halides is 3. The van der Waals surface area contributed by atoms with Gasteiger partial charge in [-0.3, -0.25) is 5.43 Å². The number of nitrogens with one attached hydrogen (secondary N) is 1. The molecule has 0 atom stereocenters. The molecule has 2 aromatic rings. The fraction of sp³-hybridized carbons (Fsp3) is 0.176. The number of halogens is 3. The second kappa shape index (κ2) is 8.52. The van der Waals surface area contributed by atoms with E-state index in [1.165, 1.54) is 19.4 Å². The van der Waals surface area contributed by atoms with E-state index in [-0.39, 0.29) is 11.7 Å². The average Bonchev–Trinajstić information content (AvgIpc) is 2.59. The number of rotatable bonds is 6. The highest BCUT2D eigenvalue weighted by atomic mass is 32.1. The summed E-state index contributed by atoms with van der Waals surface area (Å²) in [6.07, 6.45) is -2.91. The Morgan fingerprint density at radius 1 is 1.23 bits per heavy atom. The van der Waals surface area contributed by atoms with Crippen molar-refractivity contribution in [1.29, 1.82) is 0 Å². The minimum absolute atomic E-state index is 0.0310. The third-order valence-corrected chi connectivity index (χ3v) is 3.32. The summed E-state index contributed by atoms with van der Waals surface area (Å²) in [6.45, 7) is -0.0310. The van der Waals surface area contributed by atoms with Crippen LogP contribution in [0.25, 0.3) is 0 Å². The maximum Gasteiger partial charge on any atom is 0.416 e. The molecule has 5 nitrogen and oxygen atoms in total. The molecule has 0 radical (unpaired) electrons. The van der Waals surface area contributed by atoms with E-state index in [9.17, 15) is 13.2 Å². The minimum atomic E-state index is -4.39. The van der Waals surface area contributed by atoms with Crippen LogP contribution < -0.4 is 20.6 Å². The Bertz CT molecular complexity index is 810. The molecule has 0 bridgehead atoms. The molecule has 0 saturated carbocycles. The van der Waals surface area contributed by atoms with E-state index in [1.807, 2.05) is 0 Å². The van der Waals surface area contributed by atoms with Crippen molar-refractivity contribution in [3.05, 3.63) is 59.2 Å². The van der Waals surface area contributed by atoms with Gasteiger partial charge in [0.25, 0.3) is 0 Å². The van der Waals surface area contributed by atoms with Gasteiger partial charge >= 0.3 is 6.18 Å². The largest absolute Gasteiger partial charge is 0.493 e. The second-order valence-corrected chi connectivity index (χ2v) is 5.57. The van der Waals surface area contributed by atoms with E-state index < -0.39 is 11.7 Å². The first-order chi connectivity index (χ1) is 12.3. The lowest BCUT2D eigenvalue weighted by Gasteiger charge is -2.12. The number of hydrogen-bond acceptors (Lipinski definition) is 4. The number of ether oxygens (including phenoxy) is 2. The lowest BCUT2D eigenvalue weighted by molar-refractivity contribution is -0.137. The molecule has 0 saturated heterocycles. The van der Waals surface area contributed by atoms with Crippen LogP contribution in [0.15, 0.2) is 47.6 Å². The fourth-order valence-electron chi connectivity index (χ4n) is 2.05. The Kier molecular flexibility index (Phi) is 6.40. The summed E-state index contributed by atoms with van der Waals surface area (Å²) in [7, 11) is 1.46. The molecule has 9 heteroatoms. The summed E-state index contributed by atoms with van der Waals surface area (Å²) in [4.78, 5) is 0. The van der Waals surface area contributed by atoms with Crippen LogP contribution in [0, 0.1) is 0 Å². The van der Waals surface area contributed by atoms with Gasteiger partial charge in [0.05, 0.1) is 18.9 Å². The van der Waals surface area contributed by atoms with Gasteiger partial charge in [-0.1, -0.05) is 12.1 Å². The second-order valence-electron chi connectivity index (χ2n) is 5.13. The lowest BCUT2D eigenvalue weighted by Crippen LogP contribution is -2.23. The highest BCUT2D eigenvalue weighted by molar-refractivity contribution is 7.80. The molecule has 3 N–H and O–H groups in total. The molecule has 0 fully saturated rings. The Morgan fingerprint density at radius 2 is 2.00 bits per heavy atom. The van der Waals surface area contributed by atoms with Gasteiger partial charge in [-0.2, -0.15) is 18.3 Å². The molecule has 2 rings (SSSR count). The molecule has 0 aliphatic heterocycles. The topological polar surface area (TPSA) is 68.9 Å². The zero-order valence-corrected chi connectivity index (χ0v) is 14.5. The molecular formula is C17H16F3N3O2S. The van der Waals surface area contributed by atoms with Gasteiger partial charge in [0.15, 0.2) is 16.6 Å². The number of hydrazone groups is 1. The van der Waals surface area contributed by atoms with Crippen molar-refractivity contribution in [3.8, 4) is 11.5 Å². The van der Waals surface area contributed by atoms with Gasteiger partial charge in [-0.15, -0.1) is 0 Å². The molecule has 0 unspecified atom stereocenters. The smallest absolute Gasteiger partial charge is 0.416 e. The molecule has 0 heterocycles. The van der Waals surface area contributed by atoms with Crippen LogP contribution in [0.1, 0.15) is 16.7 Å². The number of nitrogens with two attached hydrogens (primary N) is 1. The maximum absolute atomic E-state index is 12.8. The van der Waals surface area contributed by atoms with E-state index >= 15 is 0 Å². The van der Waals surface area contributed by atoms with Crippen LogP contribution in [0.4, 0.5) is 13.2 Å². The van der Waals surface area contributed by atoms with E-state index in [1.54, 1.807) is 24.3 Å². The van der Waals surface area contributed by atoms with Crippen LogP contribution in [-0.4, -0.2) is 18.4 Å². The highest BCUT2D eigenvalue weighted by Crippen LogP contribution is 2.31. The zero-order chi connectivity index (χ0) is 19.2. The summed E-state index contributed by atoms with van der Waals surface area (Å²) in [6, 6.07) is 9.96. The standard InChI is InChI=1S/C17H16F3N3O2S/c1-24-15-8-11(9-22-23-16(21)26)5-6-14(15)25-10-12-3-2-4-13(7-12)17(18,19)20/h2-9H,10H2,1H3,(H3,21,23,26). The van der Waals surface area contributed by atoms with Gasteiger partial charge in [-0.05, 0) is 53.7 Å². The van der Waals surface area contributed by atoms with Crippen molar-refractivity contribution in [2.45, 2.75) is 12.8 Å². The van der Waals surface area contributed by atoms with Crippen LogP contribution in [0.2, 0.25) is 0 Å². The van der Waals surface area contributed by atoms with Gasteiger partial charge in [-0.25, -0.2) is 0 Å². The van der Waals surface area contributed by atoms with Crippen molar-refractivity contribution in [2.75, 3.05) is 7.11 Å². The van der Waals surface area contributed by atoms with Crippen LogP contribution in [-0.2, 0) is 12.8 Å². The lowest BCUT2D eigenvalue weighted by atomic mass is 10.1. The summed E-state index contributed by atoms with van der Waals surface area (Å²) in [5.74, 6) is 0.806. The Labute approximate surface area is 153 Å². The van der Waals surface area contributed by atoms with Gasteiger partial charge in [0.1, 0.15) is 6.61 Å². The monoisotopic (exact) mass is 383 g/mol. The van der Waals surface area contributed by atoms with E-state index in [0.717, 1.165) is 12.1 Å². The van der Waals surface area contributed by atoms with Crippen LogP contribution in [0.5, 0.6) is 11.5 Å². The summed E-state index contributed by atoms with van der Waals surface area (Å²) in [5, 5.41) is 3.86. The molecule has 0 aliphatic rings. The van der Waals surface area contributed by atoms with Gasteiger partial charge in [0, 0.05) is 0 Å². The fourth-order valence-corrected chi connectivity index (χ4v) is 2.11. The summed E-state index contributed by atoms with van der Waals surface area (Å²) in [5.41, 5.74) is 8.05. The van der Waals surface area contributed by atoms with Crippen molar-refractivity contribution in [2.24, 2.45) is 10.8 Å². The molecule has 0 amide bonds. The zero-order valence-electron chi connectivity index (χ0n) is 13.7. The van der Waals surface area contributed by atoms with Crippen molar-refractivity contribution in [3.63, 3.8) is 0 Å². The minimum Gasteiger partial charge on any atom is -0.493 e. The Morgan fingerprint density at radius 3 is 2.65 bits per heavy atom. The van der Waals surface area contributed by atoms with Crippen LogP contribution in [0.3, 0.4) is 0 Å². The summed E-state index contributed by atoms with van der Waals surface area (Å²) < 4.78 is 49.1. The molecule has 0 aromatic heterocycles. The molecule has 0 aliphatic carbocycles. The average molecular weight is 383 g/mol. The van der Waals surface area contributed by atoms with Gasteiger partial charge in [0.2, 0.25) is 0 Å². The molecule has 2 aromatic carbocycles. The highest BCUT2D eigenvalue weighted by Gasteiger charge is 2.30. The number of hydrogen-bond donors (Lipinski definition) is 2. The summed E-state index contributed by atoms with van der Waals surface area (Å²) >= 11 is 4.63. The SMILES string of the molecule is COc1cc(C=NNC(N)=S)ccc1OCc1cccc(C(F)(F)F)c1. The third-order valence-electron chi connectivity index (χ3n) is 3.22. The van der Waals surface area contributed by atoms with Crippen molar-refractivity contribution < 1.29 is 22.6 Å². The van der Waals surface area contributed by atoms with E-state index in [0.29, 0.717) is 22.6 Å². The number of benzene rings is 2. The first-order valence-corrected chi connectivity index (χ1v) is 7.76. The molecule has 26 heavy (non-hydrogen) atoms. The first kappa shape index (κ1) is 19.5. The third kappa shape index (κ3) is 5.62. The maximum atomic E-state index is 12.8. The molecular weight excluding hydrogens is 367 g/mol. The van der Waals surface area contributed by atoms with Crippen LogP contribution >= 0.6 is 12.2 Å². The predicted molar refractivity (Wildman–Crippen MR) is 96.3 cm³/mol. The number of nitrogens with zero attached hydrogens (tertiary/aromatic N) is 1. The van der Waals surface area contributed by atoms with Crippen molar-refractivity contribution in [1.82, 2.24) is 5.43 Å².